The third-order valence-electron chi connectivity index (χ3n) is 3.86. The molecular weight excluding hydrogens is 344 g/mol. The summed E-state index contributed by atoms with van der Waals surface area (Å²) in [6.45, 7) is 8.24. The second kappa shape index (κ2) is 7.94. The number of hydrogen-bond donors (Lipinski definition) is 1. The van der Waals surface area contributed by atoms with Gasteiger partial charge in [-0.25, -0.2) is 9.59 Å². The number of nitrogens with zero attached hydrogens (tertiary/aromatic N) is 2. The van der Waals surface area contributed by atoms with Crippen molar-refractivity contribution in [1.82, 2.24) is 9.80 Å². The number of carbonyl (C=O) groups excluding carboxylic acids is 3. The lowest BCUT2D eigenvalue weighted by molar-refractivity contribution is -0.138. The maximum Gasteiger partial charge on any atom is 0.410 e. The van der Waals surface area contributed by atoms with Crippen LogP contribution in [0.2, 0.25) is 0 Å². The lowest BCUT2D eigenvalue weighted by Crippen LogP contribution is -2.51. The van der Waals surface area contributed by atoms with Gasteiger partial charge in [-0.15, -0.1) is 0 Å². The number of amides is 2. The predicted octanol–water partition coefficient (Wildman–Crippen LogP) is 0.840. The minimum Gasteiger partial charge on any atom is -0.503 e. The van der Waals surface area contributed by atoms with Gasteiger partial charge in [0.25, 0.3) is 5.91 Å². The highest BCUT2D eigenvalue weighted by Gasteiger charge is 2.37. The average molecular weight is 370 g/mol. The second-order valence-corrected chi connectivity index (χ2v) is 7.15. The van der Waals surface area contributed by atoms with E-state index in [1.807, 2.05) is 0 Å². The Morgan fingerprint density at radius 1 is 1.35 bits per heavy atom. The Labute approximate surface area is 152 Å². The van der Waals surface area contributed by atoms with Gasteiger partial charge in [0.2, 0.25) is 0 Å². The quantitative estimate of drug-likeness (QED) is 0.731. The summed E-state index contributed by atoms with van der Waals surface area (Å²) < 4.78 is 15.8. The van der Waals surface area contributed by atoms with E-state index in [1.54, 1.807) is 27.7 Å². The second-order valence-electron chi connectivity index (χ2n) is 7.15. The lowest BCUT2D eigenvalue weighted by Gasteiger charge is -2.35. The van der Waals surface area contributed by atoms with Gasteiger partial charge in [0.05, 0.1) is 32.4 Å². The van der Waals surface area contributed by atoms with Crippen LogP contribution in [0.15, 0.2) is 11.3 Å². The summed E-state index contributed by atoms with van der Waals surface area (Å²) in [4.78, 5) is 39.0. The molecule has 0 aromatic rings. The van der Waals surface area contributed by atoms with Crippen molar-refractivity contribution in [2.75, 3.05) is 39.4 Å². The van der Waals surface area contributed by atoms with Crippen molar-refractivity contribution in [3.8, 4) is 0 Å². The Morgan fingerprint density at radius 2 is 2.04 bits per heavy atom. The van der Waals surface area contributed by atoms with E-state index in [-0.39, 0.29) is 31.8 Å². The minimum absolute atomic E-state index is 0.0458. The molecule has 0 radical (unpaired) electrons. The fraction of sp³-hybridized carbons (Fsp3) is 0.706. The van der Waals surface area contributed by atoms with E-state index in [9.17, 15) is 19.5 Å². The predicted molar refractivity (Wildman–Crippen MR) is 90.4 cm³/mol. The Kier molecular flexibility index (Phi) is 6.12. The van der Waals surface area contributed by atoms with Crippen molar-refractivity contribution >= 4 is 18.0 Å². The summed E-state index contributed by atoms with van der Waals surface area (Å²) in [5.74, 6) is -1.95. The highest BCUT2D eigenvalue weighted by Crippen LogP contribution is 2.20. The van der Waals surface area contributed by atoms with E-state index in [2.05, 4.69) is 0 Å². The molecule has 2 amide bonds. The van der Waals surface area contributed by atoms with Crippen molar-refractivity contribution in [2.24, 2.45) is 0 Å². The van der Waals surface area contributed by atoms with Gasteiger partial charge in [0.1, 0.15) is 11.2 Å². The maximum atomic E-state index is 12.2. The van der Waals surface area contributed by atoms with Gasteiger partial charge in [0, 0.05) is 13.1 Å². The summed E-state index contributed by atoms with van der Waals surface area (Å²) in [5.41, 5.74) is -0.656. The standard InChI is InChI=1S/C17H26N2O7/c1-5-24-15(22)12-10-19(14(21)13(12)20)9-11-8-18(6-7-25-11)16(23)26-17(2,3)4/h11,20H,5-10H2,1-4H3/t11-/m1/s1. The molecule has 1 fully saturated rings. The number of carbonyl (C=O) groups is 3. The first-order valence-corrected chi connectivity index (χ1v) is 8.60. The molecule has 2 aliphatic rings. The molecule has 9 nitrogen and oxygen atoms in total. The molecule has 0 aromatic carbocycles. The summed E-state index contributed by atoms with van der Waals surface area (Å²) in [6.07, 6.45) is -0.874. The molecule has 0 saturated carbocycles. The zero-order valence-electron chi connectivity index (χ0n) is 15.6. The fourth-order valence-electron chi connectivity index (χ4n) is 2.71. The van der Waals surface area contributed by atoms with Gasteiger partial charge >= 0.3 is 12.1 Å². The molecule has 1 N–H and O–H groups in total. The Morgan fingerprint density at radius 3 is 2.65 bits per heavy atom. The molecule has 0 aliphatic carbocycles. The zero-order chi connectivity index (χ0) is 19.5. The number of ether oxygens (including phenoxy) is 3. The number of esters is 1. The molecule has 0 unspecified atom stereocenters. The third-order valence-corrected chi connectivity index (χ3v) is 3.86. The van der Waals surface area contributed by atoms with Gasteiger partial charge in [-0.3, -0.25) is 4.79 Å². The van der Waals surface area contributed by atoms with E-state index in [4.69, 9.17) is 14.2 Å². The topological polar surface area (TPSA) is 106 Å². The lowest BCUT2D eigenvalue weighted by atomic mass is 10.2. The van der Waals surface area contributed by atoms with E-state index in [0.717, 1.165) is 0 Å². The van der Waals surface area contributed by atoms with Crippen LogP contribution in [0.4, 0.5) is 4.79 Å². The van der Waals surface area contributed by atoms with Crippen LogP contribution in [0.5, 0.6) is 0 Å². The van der Waals surface area contributed by atoms with Crippen LogP contribution < -0.4 is 0 Å². The molecule has 0 spiro atoms. The summed E-state index contributed by atoms with van der Waals surface area (Å²) in [5, 5.41) is 9.88. The van der Waals surface area contributed by atoms with E-state index >= 15 is 0 Å². The first kappa shape index (κ1) is 20.0. The number of aliphatic hydroxyl groups excluding tert-OH is 1. The maximum absolute atomic E-state index is 12.2. The van der Waals surface area contributed by atoms with Crippen LogP contribution in [0.1, 0.15) is 27.7 Å². The number of hydrogen-bond acceptors (Lipinski definition) is 7. The molecule has 2 heterocycles. The summed E-state index contributed by atoms with van der Waals surface area (Å²) >= 11 is 0. The van der Waals surface area contributed by atoms with Crippen LogP contribution in [0, 0.1) is 0 Å². The molecule has 1 atom stereocenters. The SMILES string of the molecule is CCOC(=O)C1=C(O)C(=O)N(C[C@H]2CN(C(=O)OC(C)(C)C)CCO2)C1. The van der Waals surface area contributed by atoms with Gasteiger partial charge in [-0.2, -0.15) is 0 Å². The molecular formula is C17H26N2O7. The van der Waals surface area contributed by atoms with Crippen molar-refractivity contribution < 1.29 is 33.7 Å². The van der Waals surface area contributed by atoms with Crippen LogP contribution >= 0.6 is 0 Å². The Bertz CT molecular complexity index is 609. The van der Waals surface area contributed by atoms with Gasteiger partial charge in [-0.05, 0) is 27.7 Å². The van der Waals surface area contributed by atoms with Crippen molar-refractivity contribution in [2.45, 2.75) is 39.4 Å². The van der Waals surface area contributed by atoms with E-state index < -0.39 is 35.4 Å². The number of rotatable bonds is 4. The Balaban J connectivity index is 1.94. The van der Waals surface area contributed by atoms with E-state index in [1.165, 1.54) is 9.80 Å². The molecule has 2 rings (SSSR count). The van der Waals surface area contributed by atoms with Gasteiger partial charge in [0.15, 0.2) is 5.76 Å². The number of aliphatic hydroxyl groups is 1. The largest absolute Gasteiger partial charge is 0.503 e. The van der Waals surface area contributed by atoms with Crippen molar-refractivity contribution in [3.63, 3.8) is 0 Å². The Hall–Kier alpha value is -2.29. The highest BCUT2D eigenvalue weighted by atomic mass is 16.6. The molecule has 0 aromatic heterocycles. The molecule has 0 bridgehead atoms. The molecule has 146 valence electrons. The monoisotopic (exact) mass is 370 g/mol. The molecule has 9 heteroatoms. The first-order valence-electron chi connectivity index (χ1n) is 8.60. The molecule has 26 heavy (non-hydrogen) atoms. The number of morpholine rings is 1. The van der Waals surface area contributed by atoms with Crippen LogP contribution in [0.3, 0.4) is 0 Å². The van der Waals surface area contributed by atoms with Gasteiger partial charge in [-0.1, -0.05) is 0 Å². The zero-order valence-corrected chi connectivity index (χ0v) is 15.6. The fourth-order valence-corrected chi connectivity index (χ4v) is 2.71. The van der Waals surface area contributed by atoms with E-state index in [0.29, 0.717) is 13.2 Å². The highest BCUT2D eigenvalue weighted by molar-refractivity contribution is 6.05. The first-order chi connectivity index (χ1) is 12.1. The normalized spacial score (nSPS) is 21.2. The summed E-state index contributed by atoms with van der Waals surface area (Å²) in [7, 11) is 0. The van der Waals surface area contributed by atoms with Crippen LogP contribution in [-0.4, -0.2) is 84.0 Å². The summed E-state index contributed by atoms with van der Waals surface area (Å²) in [6, 6.07) is 0. The van der Waals surface area contributed by atoms with Crippen molar-refractivity contribution in [3.05, 3.63) is 11.3 Å². The minimum atomic E-state index is -0.708. The van der Waals surface area contributed by atoms with Gasteiger partial charge < -0.3 is 29.1 Å². The molecule has 2 aliphatic heterocycles. The van der Waals surface area contributed by atoms with Crippen molar-refractivity contribution in [1.29, 1.82) is 0 Å². The average Bonchev–Trinajstić information content (AvgIpc) is 2.82. The third kappa shape index (κ3) is 4.87. The molecule has 1 saturated heterocycles. The smallest absolute Gasteiger partial charge is 0.410 e. The van der Waals surface area contributed by atoms with Crippen LogP contribution in [-0.2, 0) is 23.8 Å². The van der Waals surface area contributed by atoms with Crippen LogP contribution in [0.25, 0.3) is 0 Å².